The zero-order chi connectivity index (χ0) is 11.8. The van der Waals surface area contributed by atoms with Gasteiger partial charge in [0.1, 0.15) is 12.4 Å². The minimum Gasteiger partial charge on any atom is -0.492 e. The van der Waals surface area contributed by atoms with E-state index in [1.807, 2.05) is 24.3 Å². The van der Waals surface area contributed by atoms with Gasteiger partial charge in [0, 0.05) is 19.8 Å². The van der Waals surface area contributed by atoms with E-state index in [4.69, 9.17) is 20.3 Å². The second-order valence-corrected chi connectivity index (χ2v) is 3.66. The van der Waals surface area contributed by atoms with Crippen molar-refractivity contribution in [3.05, 3.63) is 29.8 Å². The molecule has 1 atom stereocenters. The van der Waals surface area contributed by atoms with Gasteiger partial charge in [0.25, 0.3) is 0 Å². The molecule has 90 valence electrons. The number of aliphatic hydroxyl groups excluding tert-OH is 1. The molecule has 0 radical (unpaired) electrons. The Balaban J connectivity index is 2.44. The number of hydrogen-bond donors (Lipinski definition) is 2. The lowest BCUT2D eigenvalue weighted by molar-refractivity contribution is 0.184. The summed E-state index contributed by atoms with van der Waals surface area (Å²) in [5.74, 6) is 0.780. The normalized spacial score (nSPS) is 12.4. The molecule has 1 aromatic rings. The van der Waals surface area contributed by atoms with Crippen LogP contribution in [0, 0.1) is 0 Å². The van der Waals surface area contributed by atoms with Crippen molar-refractivity contribution in [3.63, 3.8) is 0 Å². The SMILES string of the molecule is COCc1cccc(OCC(N)CCO)c1. The van der Waals surface area contributed by atoms with Gasteiger partial charge in [-0.15, -0.1) is 0 Å². The van der Waals surface area contributed by atoms with Crippen molar-refractivity contribution in [1.82, 2.24) is 0 Å². The third-order valence-electron chi connectivity index (χ3n) is 2.17. The zero-order valence-electron chi connectivity index (χ0n) is 9.56. The van der Waals surface area contributed by atoms with Crippen LogP contribution in [-0.2, 0) is 11.3 Å². The van der Waals surface area contributed by atoms with E-state index in [-0.39, 0.29) is 12.6 Å². The third-order valence-corrected chi connectivity index (χ3v) is 2.17. The molecule has 16 heavy (non-hydrogen) atoms. The predicted molar refractivity (Wildman–Crippen MR) is 62.3 cm³/mol. The van der Waals surface area contributed by atoms with E-state index < -0.39 is 0 Å². The van der Waals surface area contributed by atoms with Gasteiger partial charge >= 0.3 is 0 Å². The molecule has 1 unspecified atom stereocenters. The van der Waals surface area contributed by atoms with Crippen LogP contribution in [0.4, 0.5) is 0 Å². The standard InChI is InChI=1S/C12H19NO3/c1-15-8-10-3-2-4-12(7-10)16-9-11(13)5-6-14/h2-4,7,11,14H,5-6,8-9,13H2,1H3. The summed E-state index contributed by atoms with van der Waals surface area (Å²) in [4.78, 5) is 0. The zero-order valence-corrected chi connectivity index (χ0v) is 9.56. The smallest absolute Gasteiger partial charge is 0.119 e. The molecule has 0 saturated heterocycles. The van der Waals surface area contributed by atoms with Crippen molar-refractivity contribution < 1.29 is 14.6 Å². The molecular weight excluding hydrogens is 206 g/mol. The fraction of sp³-hybridized carbons (Fsp3) is 0.500. The van der Waals surface area contributed by atoms with Crippen LogP contribution in [-0.4, -0.2) is 31.5 Å². The van der Waals surface area contributed by atoms with E-state index in [1.54, 1.807) is 7.11 Å². The number of hydrogen-bond acceptors (Lipinski definition) is 4. The lowest BCUT2D eigenvalue weighted by Crippen LogP contribution is -2.28. The topological polar surface area (TPSA) is 64.7 Å². The first-order valence-corrected chi connectivity index (χ1v) is 5.33. The van der Waals surface area contributed by atoms with Crippen LogP contribution in [0.1, 0.15) is 12.0 Å². The van der Waals surface area contributed by atoms with Crippen molar-refractivity contribution >= 4 is 0 Å². The average Bonchev–Trinajstić information content (AvgIpc) is 2.28. The molecule has 0 amide bonds. The molecule has 0 aliphatic rings. The van der Waals surface area contributed by atoms with Crippen LogP contribution in [0.2, 0.25) is 0 Å². The van der Waals surface area contributed by atoms with Gasteiger partial charge in [-0.25, -0.2) is 0 Å². The van der Waals surface area contributed by atoms with E-state index in [0.29, 0.717) is 19.6 Å². The van der Waals surface area contributed by atoms with E-state index in [9.17, 15) is 0 Å². The van der Waals surface area contributed by atoms with E-state index >= 15 is 0 Å². The Morgan fingerprint density at radius 3 is 2.94 bits per heavy atom. The molecule has 0 bridgehead atoms. The number of ether oxygens (including phenoxy) is 2. The Bertz CT molecular complexity index is 304. The van der Waals surface area contributed by atoms with Gasteiger partial charge in [-0.2, -0.15) is 0 Å². The summed E-state index contributed by atoms with van der Waals surface area (Å²) in [6, 6.07) is 7.57. The van der Waals surface area contributed by atoms with Gasteiger partial charge in [-0.1, -0.05) is 12.1 Å². The van der Waals surface area contributed by atoms with Gasteiger partial charge in [0.15, 0.2) is 0 Å². The lowest BCUT2D eigenvalue weighted by Gasteiger charge is -2.12. The molecule has 0 aliphatic heterocycles. The maximum Gasteiger partial charge on any atom is 0.119 e. The third kappa shape index (κ3) is 4.61. The number of aliphatic hydroxyl groups is 1. The second kappa shape index (κ2) is 7.22. The first-order chi connectivity index (χ1) is 7.76. The highest BCUT2D eigenvalue weighted by atomic mass is 16.5. The first-order valence-electron chi connectivity index (χ1n) is 5.33. The summed E-state index contributed by atoms with van der Waals surface area (Å²) in [5, 5.41) is 8.70. The Kier molecular flexibility index (Phi) is 5.85. The van der Waals surface area contributed by atoms with Gasteiger partial charge in [0.2, 0.25) is 0 Å². The monoisotopic (exact) mass is 225 g/mol. The van der Waals surface area contributed by atoms with Gasteiger partial charge in [0.05, 0.1) is 6.61 Å². The number of benzene rings is 1. The summed E-state index contributed by atoms with van der Waals surface area (Å²) in [6.45, 7) is 1.07. The van der Waals surface area contributed by atoms with Crippen molar-refractivity contribution in [2.45, 2.75) is 19.1 Å². The molecule has 0 fully saturated rings. The molecule has 3 N–H and O–H groups in total. The quantitative estimate of drug-likeness (QED) is 0.724. The first kappa shape index (κ1) is 13.0. The summed E-state index contributed by atoms with van der Waals surface area (Å²) >= 11 is 0. The van der Waals surface area contributed by atoms with Crippen LogP contribution in [0.5, 0.6) is 5.75 Å². The molecule has 4 heteroatoms. The molecule has 0 aliphatic carbocycles. The summed E-state index contributed by atoms with van der Waals surface area (Å²) in [7, 11) is 1.66. The van der Waals surface area contributed by atoms with Crippen LogP contribution in [0.25, 0.3) is 0 Å². The Hall–Kier alpha value is -1.10. The molecule has 4 nitrogen and oxygen atoms in total. The van der Waals surface area contributed by atoms with E-state index in [0.717, 1.165) is 11.3 Å². The number of nitrogens with two attached hydrogens (primary N) is 1. The highest BCUT2D eigenvalue weighted by Gasteiger charge is 2.03. The van der Waals surface area contributed by atoms with Gasteiger partial charge in [-0.3, -0.25) is 0 Å². The van der Waals surface area contributed by atoms with Crippen molar-refractivity contribution in [1.29, 1.82) is 0 Å². The van der Waals surface area contributed by atoms with Crippen LogP contribution >= 0.6 is 0 Å². The minimum absolute atomic E-state index is 0.0915. The van der Waals surface area contributed by atoms with Crippen molar-refractivity contribution in [2.75, 3.05) is 20.3 Å². The summed E-state index contributed by atoms with van der Waals surface area (Å²) < 4.78 is 10.5. The van der Waals surface area contributed by atoms with E-state index in [2.05, 4.69) is 0 Å². The number of rotatable bonds is 7. The number of methoxy groups -OCH3 is 1. The fourth-order valence-corrected chi connectivity index (χ4v) is 1.34. The van der Waals surface area contributed by atoms with E-state index in [1.165, 1.54) is 0 Å². The molecule has 0 spiro atoms. The largest absolute Gasteiger partial charge is 0.492 e. The maximum atomic E-state index is 8.70. The highest BCUT2D eigenvalue weighted by molar-refractivity contribution is 5.28. The van der Waals surface area contributed by atoms with Crippen molar-refractivity contribution in [2.24, 2.45) is 5.73 Å². The van der Waals surface area contributed by atoms with Crippen LogP contribution in [0.15, 0.2) is 24.3 Å². The highest BCUT2D eigenvalue weighted by Crippen LogP contribution is 2.14. The second-order valence-electron chi connectivity index (χ2n) is 3.66. The van der Waals surface area contributed by atoms with Gasteiger partial charge < -0.3 is 20.3 Å². The molecule has 0 saturated carbocycles. The van der Waals surface area contributed by atoms with Crippen LogP contribution < -0.4 is 10.5 Å². The van der Waals surface area contributed by atoms with Crippen LogP contribution in [0.3, 0.4) is 0 Å². The molecule has 1 rings (SSSR count). The maximum absolute atomic E-state index is 8.70. The Morgan fingerprint density at radius 1 is 1.44 bits per heavy atom. The molecular formula is C12H19NO3. The predicted octanol–water partition coefficient (Wildman–Crippen LogP) is 0.921. The molecule has 1 aromatic carbocycles. The summed E-state index contributed by atoms with van der Waals surface area (Å²) in [6.07, 6.45) is 0.553. The Labute approximate surface area is 96.0 Å². The molecule has 0 heterocycles. The minimum atomic E-state index is -0.129. The Morgan fingerprint density at radius 2 is 2.25 bits per heavy atom. The lowest BCUT2D eigenvalue weighted by atomic mass is 10.2. The summed E-state index contributed by atoms with van der Waals surface area (Å²) in [5.41, 5.74) is 6.78. The fourth-order valence-electron chi connectivity index (χ4n) is 1.34. The average molecular weight is 225 g/mol. The van der Waals surface area contributed by atoms with Gasteiger partial charge in [-0.05, 0) is 24.1 Å². The molecule has 0 aromatic heterocycles. The van der Waals surface area contributed by atoms with Crippen molar-refractivity contribution in [3.8, 4) is 5.75 Å².